The molecule has 2 aromatic heterocycles. The van der Waals surface area contributed by atoms with E-state index in [4.69, 9.17) is 9.47 Å². The highest BCUT2D eigenvalue weighted by molar-refractivity contribution is 5.66. The SMILES string of the molecule is COc1ccc(-c2[nH]ncc2CN2CCc3nc(-c4ccc(C(F)(F)F)cc4)ncc3C2)cc1OC. The second-order valence-corrected chi connectivity index (χ2v) is 8.54. The number of fused-ring (bicyclic) bond motifs is 1. The zero-order valence-corrected chi connectivity index (χ0v) is 19.8. The van der Waals surface area contributed by atoms with Crippen LogP contribution in [0.15, 0.2) is 54.9 Å². The van der Waals surface area contributed by atoms with Gasteiger partial charge in [-0.3, -0.25) is 10.00 Å². The fourth-order valence-corrected chi connectivity index (χ4v) is 4.37. The molecule has 0 bridgehead atoms. The number of alkyl halides is 3. The second-order valence-electron chi connectivity index (χ2n) is 8.54. The van der Waals surface area contributed by atoms with Crippen LogP contribution in [0, 0.1) is 0 Å². The molecule has 5 rings (SSSR count). The van der Waals surface area contributed by atoms with Crippen molar-refractivity contribution in [1.29, 1.82) is 0 Å². The minimum Gasteiger partial charge on any atom is -0.493 e. The van der Waals surface area contributed by atoms with Gasteiger partial charge in [0.15, 0.2) is 17.3 Å². The van der Waals surface area contributed by atoms with E-state index in [1.165, 1.54) is 12.1 Å². The maximum atomic E-state index is 12.9. The van der Waals surface area contributed by atoms with Gasteiger partial charge in [-0.05, 0) is 30.3 Å². The summed E-state index contributed by atoms with van der Waals surface area (Å²) in [6, 6.07) is 10.7. The van der Waals surface area contributed by atoms with E-state index in [-0.39, 0.29) is 0 Å². The van der Waals surface area contributed by atoms with Crippen LogP contribution in [0.25, 0.3) is 22.6 Å². The number of hydrogen-bond acceptors (Lipinski definition) is 6. The van der Waals surface area contributed by atoms with E-state index >= 15 is 0 Å². The van der Waals surface area contributed by atoms with Gasteiger partial charge in [0.1, 0.15) is 0 Å². The first-order chi connectivity index (χ1) is 17.4. The molecule has 0 radical (unpaired) electrons. The van der Waals surface area contributed by atoms with Gasteiger partial charge in [0.25, 0.3) is 0 Å². The number of halogens is 3. The van der Waals surface area contributed by atoms with Crippen LogP contribution in [-0.2, 0) is 25.7 Å². The van der Waals surface area contributed by atoms with Crippen LogP contribution in [0.1, 0.15) is 22.4 Å². The molecule has 10 heteroatoms. The molecule has 0 fully saturated rings. The molecule has 36 heavy (non-hydrogen) atoms. The minimum atomic E-state index is -4.37. The molecule has 1 aliphatic rings. The highest BCUT2D eigenvalue weighted by Gasteiger charge is 2.30. The Balaban J connectivity index is 1.31. The number of hydrogen-bond donors (Lipinski definition) is 1. The molecular weight excluding hydrogens is 471 g/mol. The maximum Gasteiger partial charge on any atom is 0.416 e. The summed E-state index contributed by atoms with van der Waals surface area (Å²) in [6.45, 7) is 2.13. The average molecular weight is 496 g/mol. The third-order valence-electron chi connectivity index (χ3n) is 6.27. The summed E-state index contributed by atoms with van der Waals surface area (Å²) in [5, 5.41) is 7.34. The zero-order chi connectivity index (χ0) is 25.3. The lowest BCUT2D eigenvalue weighted by Gasteiger charge is -2.28. The van der Waals surface area contributed by atoms with Crippen LogP contribution in [0.5, 0.6) is 11.5 Å². The van der Waals surface area contributed by atoms with E-state index in [0.717, 1.165) is 53.2 Å². The van der Waals surface area contributed by atoms with E-state index in [1.54, 1.807) is 20.4 Å². The molecule has 4 aromatic rings. The van der Waals surface area contributed by atoms with Gasteiger partial charge in [0.05, 0.1) is 37.4 Å². The zero-order valence-electron chi connectivity index (χ0n) is 19.8. The van der Waals surface area contributed by atoms with Gasteiger partial charge < -0.3 is 9.47 Å². The molecule has 0 spiro atoms. The lowest BCUT2D eigenvalue weighted by Crippen LogP contribution is -2.31. The maximum absolute atomic E-state index is 12.9. The largest absolute Gasteiger partial charge is 0.493 e. The number of methoxy groups -OCH3 is 2. The number of ether oxygens (including phenoxy) is 2. The number of aromatic nitrogens is 4. The number of aromatic amines is 1. The van der Waals surface area contributed by atoms with Crippen LogP contribution < -0.4 is 9.47 Å². The average Bonchev–Trinajstić information content (AvgIpc) is 3.35. The first kappa shape index (κ1) is 23.8. The van der Waals surface area contributed by atoms with Crippen LogP contribution in [0.3, 0.4) is 0 Å². The van der Waals surface area contributed by atoms with Crippen molar-refractivity contribution in [3.05, 3.63) is 77.2 Å². The van der Waals surface area contributed by atoms with Gasteiger partial charge in [-0.15, -0.1) is 0 Å². The third-order valence-corrected chi connectivity index (χ3v) is 6.27. The van der Waals surface area contributed by atoms with E-state index in [9.17, 15) is 13.2 Å². The number of H-pyrrole nitrogens is 1. The van der Waals surface area contributed by atoms with E-state index < -0.39 is 11.7 Å². The Bertz CT molecular complexity index is 1370. The molecule has 0 saturated heterocycles. The minimum absolute atomic E-state index is 0.432. The van der Waals surface area contributed by atoms with Gasteiger partial charge in [-0.1, -0.05) is 12.1 Å². The standard InChI is InChI=1S/C26H24F3N5O2/c1-35-22-8-5-17(11-23(22)36-2)24-19(13-31-33-24)15-34-10-9-21-18(14-34)12-30-25(32-21)16-3-6-20(7-4-16)26(27,28)29/h3-8,11-13H,9-10,14-15H2,1-2H3,(H,31,33). The normalized spacial score (nSPS) is 13.9. The Morgan fingerprint density at radius 2 is 1.72 bits per heavy atom. The smallest absolute Gasteiger partial charge is 0.416 e. The number of rotatable bonds is 6. The van der Waals surface area contributed by atoms with Crippen molar-refractivity contribution in [1.82, 2.24) is 25.1 Å². The topological polar surface area (TPSA) is 76.2 Å². The Kier molecular flexibility index (Phi) is 6.36. The van der Waals surface area contributed by atoms with Crippen LogP contribution >= 0.6 is 0 Å². The molecule has 0 atom stereocenters. The van der Waals surface area contributed by atoms with Crippen molar-refractivity contribution < 1.29 is 22.6 Å². The summed E-state index contributed by atoms with van der Waals surface area (Å²) in [7, 11) is 3.20. The summed E-state index contributed by atoms with van der Waals surface area (Å²) in [5.41, 5.74) is 4.71. The number of nitrogens with zero attached hydrogens (tertiary/aromatic N) is 4. The lowest BCUT2D eigenvalue weighted by molar-refractivity contribution is -0.137. The van der Waals surface area contributed by atoms with Crippen LogP contribution in [0.4, 0.5) is 13.2 Å². The van der Waals surface area contributed by atoms with Crippen LogP contribution in [0.2, 0.25) is 0 Å². The third kappa shape index (κ3) is 4.76. The van der Waals surface area contributed by atoms with Crippen molar-refractivity contribution >= 4 is 0 Å². The van der Waals surface area contributed by atoms with E-state index in [2.05, 4.69) is 25.1 Å². The van der Waals surface area contributed by atoms with E-state index in [0.29, 0.717) is 36.0 Å². The quantitative estimate of drug-likeness (QED) is 0.400. The van der Waals surface area contributed by atoms with Crippen LogP contribution in [-0.4, -0.2) is 45.8 Å². The highest BCUT2D eigenvalue weighted by atomic mass is 19.4. The Morgan fingerprint density at radius 1 is 0.972 bits per heavy atom. The first-order valence-corrected chi connectivity index (χ1v) is 11.3. The Hall–Kier alpha value is -3.92. The molecule has 186 valence electrons. The van der Waals surface area contributed by atoms with Crippen molar-refractivity contribution in [3.8, 4) is 34.1 Å². The van der Waals surface area contributed by atoms with Gasteiger partial charge in [-0.25, -0.2) is 9.97 Å². The molecule has 0 unspecified atom stereocenters. The predicted molar refractivity (Wildman–Crippen MR) is 127 cm³/mol. The fraction of sp³-hybridized carbons (Fsp3) is 0.269. The highest BCUT2D eigenvalue weighted by Crippen LogP contribution is 2.34. The first-order valence-electron chi connectivity index (χ1n) is 11.3. The second kappa shape index (κ2) is 9.62. The lowest BCUT2D eigenvalue weighted by atomic mass is 10.0. The van der Waals surface area contributed by atoms with Gasteiger partial charge in [-0.2, -0.15) is 18.3 Å². The summed E-state index contributed by atoms with van der Waals surface area (Å²) in [5.74, 6) is 1.73. The molecule has 3 heterocycles. The molecule has 0 amide bonds. The molecule has 7 nitrogen and oxygen atoms in total. The molecule has 0 aliphatic carbocycles. The fourth-order valence-electron chi connectivity index (χ4n) is 4.37. The monoisotopic (exact) mass is 495 g/mol. The van der Waals surface area contributed by atoms with Gasteiger partial charge in [0, 0.05) is 54.5 Å². The predicted octanol–water partition coefficient (Wildman–Crippen LogP) is 5.13. The summed E-state index contributed by atoms with van der Waals surface area (Å²) < 4.78 is 49.3. The summed E-state index contributed by atoms with van der Waals surface area (Å²) in [6.07, 6.45) is -0.0557. The number of benzene rings is 2. The summed E-state index contributed by atoms with van der Waals surface area (Å²) in [4.78, 5) is 11.4. The van der Waals surface area contributed by atoms with Crippen molar-refractivity contribution in [2.45, 2.75) is 25.7 Å². The van der Waals surface area contributed by atoms with E-state index in [1.807, 2.05) is 24.4 Å². The molecule has 1 aliphatic heterocycles. The van der Waals surface area contributed by atoms with Crippen molar-refractivity contribution in [2.24, 2.45) is 0 Å². The van der Waals surface area contributed by atoms with Gasteiger partial charge in [0.2, 0.25) is 0 Å². The number of nitrogens with one attached hydrogen (secondary N) is 1. The molecule has 0 saturated carbocycles. The van der Waals surface area contributed by atoms with Crippen molar-refractivity contribution in [2.75, 3.05) is 20.8 Å². The Morgan fingerprint density at radius 3 is 2.44 bits per heavy atom. The van der Waals surface area contributed by atoms with Gasteiger partial charge >= 0.3 is 6.18 Å². The van der Waals surface area contributed by atoms with Crippen molar-refractivity contribution in [3.63, 3.8) is 0 Å². The molecule has 2 aromatic carbocycles. The molecule has 1 N–H and O–H groups in total. The summed E-state index contributed by atoms with van der Waals surface area (Å²) >= 11 is 0. The Labute approximate surface area is 205 Å². The molecular formula is C26H24F3N5O2.